The molecule has 0 bridgehead atoms. The number of aryl methyl sites for hydroxylation is 2. The smallest absolute Gasteiger partial charge is 0.310 e. The third kappa shape index (κ3) is 5.05. The Morgan fingerprint density at radius 2 is 1.76 bits per heavy atom. The van der Waals surface area contributed by atoms with E-state index in [1.54, 1.807) is 11.2 Å². The van der Waals surface area contributed by atoms with E-state index in [0.29, 0.717) is 6.54 Å². The zero-order valence-corrected chi connectivity index (χ0v) is 17.4. The Bertz CT molecular complexity index is 1000. The fraction of sp³-hybridized carbons (Fsp3) is 0.333. The van der Waals surface area contributed by atoms with Gasteiger partial charge in [-0.15, -0.1) is 0 Å². The van der Waals surface area contributed by atoms with Crippen molar-refractivity contribution < 1.29 is 18.7 Å². The van der Waals surface area contributed by atoms with E-state index in [1.807, 2.05) is 70.2 Å². The Kier molecular flexibility index (Phi) is 6.37. The summed E-state index contributed by atoms with van der Waals surface area (Å²) in [6.45, 7) is 8.16. The van der Waals surface area contributed by atoms with E-state index in [-0.39, 0.29) is 25.0 Å². The lowest BCUT2D eigenvalue weighted by Gasteiger charge is -2.26. The molecule has 5 nitrogen and oxygen atoms in total. The molecule has 0 aliphatic heterocycles. The van der Waals surface area contributed by atoms with Gasteiger partial charge in [-0.25, -0.2) is 0 Å². The number of amides is 1. The summed E-state index contributed by atoms with van der Waals surface area (Å²) < 4.78 is 10.8. The van der Waals surface area contributed by atoms with Crippen molar-refractivity contribution in [1.82, 2.24) is 4.90 Å². The molecular formula is C24H27NO4. The number of rotatable bonds is 7. The number of furan rings is 1. The predicted octanol–water partition coefficient (Wildman–Crippen LogP) is 4.57. The monoisotopic (exact) mass is 393 g/mol. The van der Waals surface area contributed by atoms with Crippen LogP contribution in [-0.4, -0.2) is 29.4 Å². The second kappa shape index (κ2) is 8.95. The molecule has 0 aliphatic carbocycles. The highest BCUT2D eigenvalue weighted by atomic mass is 16.5. The summed E-state index contributed by atoms with van der Waals surface area (Å²) in [6.07, 6.45) is 1.66. The summed E-state index contributed by atoms with van der Waals surface area (Å²) in [7, 11) is 0. The molecule has 1 amide bonds. The Morgan fingerprint density at radius 1 is 1.07 bits per heavy atom. The first-order valence-electron chi connectivity index (χ1n) is 9.81. The lowest BCUT2D eigenvalue weighted by molar-refractivity contribution is -0.152. The van der Waals surface area contributed by atoms with Crippen molar-refractivity contribution in [3.05, 3.63) is 71.0 Å². The Hall–Kier alpha value is -3.08. The van der Waals surface area contributed by atoms with Gasteiger partial charge in [0.05, 0.1) is 12.7 Å². The van der Waals surface area contributed by atoms with Crippen LogP contribution in [0.2, 0.25) is 0 Å². The molecule has 0 aliphatic rings. The van der Waals surface area contributed by atoms with Gasteiger partial charge in [-0.1, -0.05) is 30.3 Å². The summed E-state index contributed by atoms with van der Waals surface area (Å²) >= 11 is 0. The van der Waals surface area contributed by atoms with E-state index in [2.05, 4.69) is 0 Å². The number of carbonyl (C=O) groups excluding carboxylic acids is 2. The molecule has 0 unspecified atom stereocenters. The largest absolute Gasteiger partial charge is 0.464 e. The van der Waals surface area contributed by atoms with Gasteiger partial charge in [-0.05, 0) is 56.5 Å². The van der Waals surface area contributed by atoms with Crippen LogP contribution in [0, 0.1) is 13.8 Å². The van der Waals surface area contributed by atoms with Crippen LogP contribution in [0.25, 0.3) is 11.0 Å². The fourth-order valence-electron chi connectivity index (χ4n) is 3.24. The van der Waals surface area contributed by atoms with Crippen molar-refractivity contribution in [2.24, 2.45) is 0 Å². The van der Waals surface area contributed by atoms with Crippen LogP contribution in [-0.2, 0) is 27.3 Å². The molecule has 3 rings (SSSR count). The van der Waals surface area contributed by atoms with E-state index in [0.717, 1.165) is 33.2 Å². The molecule has 2 aromatic carbocycles. The molecule has 0 fully saturated rings. The first-order chi connectivity index (χ1) is 13.8. The lowest BCUT2D eigenvalue weighted by atomic mass is 10.0. The molecule has 0 saturated heterocycles. The maximum absolute atomic E-state index is 12.6. The van der Waals surface area contributed by atoms with Crippen LogP contribution < -0.4 is 0 Å². The quantitative estimate of drug-likeness (QED) is 0.552. The van der Waals surface area contributed by atoms with Crippen molar-refractivity contribution in [2.45, 2.75) is 46.7 Å². The molecule has 1 aromatic heterocycles. The molecular weight excluding hydrogens is 366 g/mol. The van der Waals surface area contributed by atoms with Gasteiger partial charge < -0.3 is 14.1 Å². The SMILES string of the molecule is Cc1cc2occ(CC(=O)OCC(=O)N(Cc3ccccc3)C(C)C)c2cc1C. The maximum atomic E-state index is 12.6. The second-order valence-electron chi connectivity index (χ2n) is 7.63. The number of hydrogen-bond donors (Lipinski definition) is 0. The number of fused-ring (bicyclic) bond motifs is 1. The molecule has 1 heterocycles. The van der Waals surface area contributed by atoms with Crippen molar-refractivity contribution in [1.29, 1.82) is 0 Å². The van der Waals surface area contributed by atoms with Crippen molar-refractivity contribution in [3.8, 4) is 0 Å². The van der Waals surface area contributed by atoms with Gasteiger partial charge in [0, 0.05) is 23.5 Å². The van der Waals surface area contributed by atoms with Crippen LogP contribution in [0.4, 0.5) is 0 Å². The minimum Gasteiger partial charge on any atom is -0.464 e. The molecule has 0 spiro atoms. The maximum Gasteiger partial charge on any atom is 0.310 e. The van der Waals surface area contributed by atoms with Crippen molar-refractivity contribution in [3.63, 3.8) is 0 Å². The van der Waals surface area contributed by atoms with Crippen LogP contribution in [0.15, 0.2) is 53.1 Å². The van der Waals surface area contributed by atoms with E-state index < -0.39 is 5.97 Å². The molecule has 0 atom stereocenters. The minimum absolute atomic E-state index is 0.00504. The predicted molar refractivity (Wildman–Crippen MR) is 112 cm³/mol. The summed E-state index contributed by atoms with van der Waals surface area (Å²) in [4.78, 5) is 26.7. The second-order valence-corrected chi connectivity index (χ2v) is 7.63. The van der Waals surface area contributed by atoms with Crippen LogP contribution >= 0.6 is 0 Å². The zero-order chi connectivity index (χ0) is 21.0. The van der Waals surface area contributed by atoms with Gasteiger partial charge in [0.25, 0.3) is 5.91 Å². The number of esters is 1. The first kappa shape index (κ1) is 20.6. The highest BCUT2D eigenvalue weighted by Crippen LogP contribution is 2.25. The average Bonchev–Trinajstić information content (AvgIpc) is 3.06. The number of benzene rings is 2. The minimum atomic E-state index is -0.442. The van der Waals surface area contributed by atoms with Gasteiger partial charge in [-0.3, -0.25) is 9.59 Å². The van der Waals surface area contributed by atoms with E-state index in [4.69, 9.17) is 9.15 Å². The molecule has 3 aromatic rings. The summed E-state index contributed by atoms with van der Waals surface area (Å²) in [5.41, 5.74) is 4.83. The number of carbonyl (C=O) groups is 2. The van der Waals surface area contributed by atoms with Crippen molar-refractivity contribution >= 4 is 22.8 Å². The molecule has 29 heavy (non-hydrogen) atoms. The molecule has 152 valence electrons. The Morgan fingerprint density at radius 3 is 2.45 bits per heavy atom. The van der Waals surface area contributed by atoms with E-state index in [1.165, 1.54) is 0 Å². The van der Waals surface area contributed by atoms with Crippen LogP contribution in [0.1, 0.15) is 36.1 Å². The van der Waals surface area contributed by atoms with E-state index in [9.17, 15) is 9.59 Å². The van der Waals surface area contributed by atoms with E-state index >= 15 is 0 Å². The van der Waals surface area contributed by atoms with Crippen LogP contribution in [0.5, 0.6) is 0 Å². The highest BCUT2D eigenvalue weighted by Gasteiger charge is 2.20. The molecule has 0 saturated carbocycles. The molecule has 5 heteroatoms. The number of nitrogens with zero attached hydrogens (tertiary/aromatic N) is 1. The van der Waals surface area contributed by atoms with Gasteiger partial charge in [-0.2, -0.15) is 0 Å². The zero-order valence-electron chi connectivity index (χ0n) is 17.4. The normalized spacial score (nSPS) is 11.1. The number of ether oxygens (including phenoxy) is 1. The first-order valence-corrected chi connectivity index (χ1v) is 9.81. The molecule has 0 radical (unpaired) electrons. The van der Waals surface area contributed by atoms with Gasteiger partial charge in [0.2, 0.25) is 0 Å². The Labute approximate surface area is 171 Å². The standard InChI is InChI=1S/C24H27NO4/c1-16(2)25(13-19-8-6-5-7-9-19)23(26)15-29-24(27)12-20-14-28-22-11-18(4)17(3)10-21(20)22/h5-11,14,16H,12-13,15H2,1-4H3. The summed E-state index contributed by atoms with van der Waals surface area (Å²) in [5.74, 6) is -0.650. The van der Waals surface area contributed by atoms with Crippen LogP contribution in [0.3, 0.4) is 0 Å². The third-order valence-corrected chi connectivity index (χ3v) is 5.10. The summed E-state index contributed by atoms with van der Waals surface area (Å²) in [6, 6.07) is 13.8. The van der Waals surface area contributed by atoms with Gasteiger partial charge in [0.1, 0.15) is 5.58 Å². The average molecular weight is 393 g/mol. The van der Waals surface area contributed by atoms with Crippen molar-refractivity contribution in [2.75, 3.05) is 6.61 Å². The van der Waals surface area contributed by atoms with Gasteiger partial charge >= 0.3 is 5.97 Å². The number of hydrogen-bond acceptors (Lipinski definition) is 4. The fourth-order valence-corrected chi connectivity index (χ4v) is 3.24. The highest BCUT2D eigenvalue weighted by molar-refractivity contribution is 5.87. The van der Waals surface area contributed by atoms with Gasteiger partial charge in [0.15, 0.2) is 6.61 Å². The molecule has 0 N–H and O–H groups in total. The Balaban J connectivity index is 1.60. The summed E-state index contributed by atoms with van der Waals surface area (Å²) in [5, 5.41) is 0.907. The third-order valence-electron chi connectivity index (χ3n) is 5.10. The lowest BCUT2D eigenvalue weighted by Crippen LogP contribution is -2.39. The topological polar surface area (TPSA) is 59.8 Å².